The fourth-order valence-electron chi connectivity index (χ4n) is 1.28. The highest BCUT2D eigenvalue weighted by atomic mass is 16.5. The van der Waals surface area contributed by atoms with Crippen molar-refractivity contribution in [1.82, 2.24) is 0 Å². The molecule has 0 bridgehead atoms. The van der Waals surface area contributed by atoms with Gasteiger partial charge in [0, 0.05) is 5.41 Å². The predicted molar refractivity (Wildman–Crippen MR) is 90.5 cm³/mol. The van der Waals surface area contributed by atoms with Gasteiger partial charge in [0.15, 0.2) is 0 Å². The third kappa shape index (κ3) is 5.48. The third-order valence-corrected chi connectivity index (χ3v) is 3.58. The summed E-state index contributed by atoms with van der Waals surface area (Å²) >= 11 is 0. The van der Waals surface area contributed by atoms with Crippen molar-refractivity contribution < 1.29 is 4.74 Å². The SMILES string of the molecule is C=C(/C=C\C(=C)C(C)(C)C(=C)/C=C\C(=C)C(C)C)OC. The van der Waals surface area contributed by atoms with Crippen molar-refractivity contribution in [2.75, 3.05) is 7.11 Å². The Morgan fingerprint density at radius 3 is 1.75 bits per heavy atom. The lowest BCUT2D eigenvalue weighted by atomic mass is 9.78. The molecular formula is C19H28O. The molecule has 110 valence electrons. The van der Waals surface area contributed by atoms with Crippen LogP contribution in [0.15, 0.2) is 73.1 Å². The molecule has 20 heavy (non-hydrogen) atoms. The molecule has 0 aliphatic carbocycles. The van der Waals surface area contributed by atoms with Gasteiger partial charge in [-0.05, 0) is 23.1 Å². The Morgan fingerprint density at radius 2 is 1.35 bits per heavy atom. The molecule has 0 N–H and O–H groups in total. The van der Waals surface area contributed by atoms with E-state index in [4.69, 9.17) is 4.74 Å². The number of hydrogen-bond acceptors (Lipinski definition) is 1. The average Bonchev–Trinajstić information content (AvgIpc) is 2.40. The van der Waals surface area contributed by atoms with E-state index < -0.39 is 0 Å². The van der Waals surface area contributed by atoms with Gasteiger partial charge < -0.3 is 4.74 Å². The summed E-state index contributed by atoms with van der Waals surface area (Å²) in [7, 11) is 1.60. The number of hydrogen-bond donors (Lipinski definition) is 0. The molecule has 0 saturated heterocycles. The first-order valence-corrected chi connectivity index (χ1v) is 6.79. The van der Waals surface area contributed by atoms with Crippen molar-refractivity contribution in [2.24, 2.45) is 11.3 Å². The second-order valence-corrected chi connectivity index (χ2v) is 5.74. The zero-order valence-corrected chi connectivity index (χ0v) is 13.6. The van der Waals surface area contributed by atoms with Crippen molar-refractivity contribution >= 4 is 0 Å². The van der Waals surface area contributed by atoms with Gasteiger partial charge in [0.2, 0.25) is 0 Å². The van der Waals surface area contributed by atoms with Gasteiger partial charge in [0.25, 0.3) is 0 Å². The van der Waals surface area contributed by atoms with Crippen LogP contribution in [0.3, 0.4) is 0 Å². The Hall–Kier alpha value is -1.76. The molecule has 0 heterocycles. The van der Waals surface area contributed by atoms with E-state index in [0.29, 0.717) is 11.7 Å². The van der Waals surface area contributed by atoms with Crippen molar-refractivity contribution in [3.63, 3.8) is 0 Å². The lowest BCUT2D eigenvalue weighted by molar-refractivity contribution is 0.308. The van der Waals surface area contributed by atoms with Gasteiger partial charge >= 0.3 is 0 Å². The highest BCUT2D eigenvalue weighted by molar-refractivity contribution is 5.39. The predicted octanol–water partition coefficient (Wildman–Crippen LogP) is 5.61. The van der Waals surface area contributed by atoms with Crippen LogP contribution in [0.2, 0.25) is 0 Å². The van der Waals surface area contributed by atoms with Gasteiger partial charge in [-0.15, -0.1) is 0 Å². The van der Waals surface area contributed by atoms with Gasteiger partial charge in [0.1, 0.15) is 5.76 Å². The van der Waals surface area contributed by atoms with Crippen LogP contribution >= 0.6 is 0 Å². The molecule has 1 nitrogen and oxygen atoms in total. The summed E-state index contributed by atoms with van der Waals surface area (Å²) in [6.45, 7) is 24.5. The van der Waals surface area contributed by atoms with Crippen LogP contribution in [0.5, 0.6) is 0 Å². The van der Waals surface area contributed by atoms with Gasteiger partial charge in [-0.25, -0.2) is 0 Å². The maximum Gasteiger partial charge on any atom is 0.111 e. The highest BCUT2D eigenvalue weighted by Crippen LogP contribution is 2.34. The zero-order valence-electron chi connectivity index (χ0n) is 13.6. The summed E-state index contributed by atoms with van der Waals surface area (Å²) < 4.78 is 5.01. The van der Waals surface area contributed by atoms with E-state index in [-0.39, 0.29) is 5.41 Å². The minimum atomic E-state index is -0.224. The first-order chi connectivity index (χ1) is 9.12. The molecule has 0 unspecified atom stereocenters. The normalized spacial score (nSPS) is 12.1. The largest absolute Gasteiger partial charge is 0.497 e. The monoisotopic (exact) mass is 272 g/mol. The fraction of sp³-hybridized carbons (Fsp3) is 0.368. The van der Waals surface area contributed by atoms with E-state index in [2.05, 4.69) is 54.0 Å². The second-order valence-electron chi connectivity index (χ2n) is 5.74. The Kier molecular flexibility index (Phi) is 7.06. The third-order valence-electron chi connectivity index (χ3n) is 3.58. The van der Waals surface area contributed by atoms with Crippen LogP contribution < -0.4 is 0 Å². The first-order valence-electron chi connectivity index (χ1n) is 6.79. The van der Waals surface area contributed by atoms with Crippen molar-refractivity contribution in [1.29, 1.82) is 0 Å². The number of methoxy groups -OCH3 is 1. The molecule has 0 saturated carbocycles. The van der Waals surface area contributed by atoms with Gasteiger partial charge in [-0.1, -0.05) is 77.8 Å². The van der Waals surface area contributed by atoms with Crippen LogP contribution in [0.25, 0.3) is 0 Å². The molecule has 0 atom stereocenters. The van der Waals surface area contributed by atoms with E-state index in [9.17, 15) is 0 Å². The lowest BCUT2D eigenvalue weighted by Gasteiger charge is -2.26. The maximum absolute atomic E-state index is 5.01. The van der Waals surface area contributed by atoms with Gasteiger partial charge in [-0.2, -0.15) is 0 Å². The van der Waals surface area contributed by atoms with Crippen molar-refractivity contribution in [2.45, 2.75) is 27.7 Å². The molecule has 0 aliphatic rings. The Bertz CT molecular complexity index is 456. The summed E-state index contributed by atoms with van der Waals surface area (Å²) in [6, 6.07) is 0. The van der Waals surface area contributed by atoms with E-state index in [1.807, 2.05) is 24.3 Å². The lowest BCUT2D eigenvalue weighted by Crippen LogP contribution is -2.14. The average molecular weight is 272 g/mol. The van der Waals surface area contributed by atoms with Crippen LogP contribution in [0.1, 0.15) is 27.7 Å². The van der Waals surface area contributed by atoms with E-state index >= 15 is 0 Å². The molecule has 0 aliphatic heterocycles. The molecule has 0 radical (unpaired) electrons. The zero-order chi connectivity index (χ0) is 15.9. The molecule has 0 aromatic rings. The molecule has 1 heteroatoms. The van der Waals surface area contributed by atoms with Crippen LogP contribution in [0.4, 0.5) is 0 Å². The summed E-state index contributed by atoms with van der Waals surface area (Å²) in [5.74, 6) is 1.05. The van der Waals surface area contributed by atoms with E-state index in [1.54, 1.807) is 7.11 Å². The highest BCUT2D eigenvalue weighted by Gasteiger charge is 2.22. The van der Waals surface area contributed by atoms with Gasteiger partial charge in [-0.3, -0.25) is 0 Å². The summed E-state index contributed by atoms with van der Waals surface area (Å²) in [5, 5.41) is 0. The Labute approximate surface area is 124 Å². The smallest absolute Gasteiger partial charge is 0.111 e. The van der Waals surface area contributed by atoms with Crippen LogP contribution in [-0.4, -0.2) is 7.11 Å². The summed E-state index contributed by atoms with van der Waals surface area (Å²) in [6.07, 6.45) is 7.78. The Morgan fingerprint density at radius 1 is 0.900 bits per heavy atom. The Balaban J connectivity index is 4.91. The standard InChI is InChI=1S/C19H28O/c1-14(2)15(3)10-11-16(4)19(7,8)17(5)12-13-18(6)20-9/h10-14H,3-6H2,1-2,7-9H3/b11-10-,13-12-. The summed E-state index contributed by atoms with van der Waals surface area (Å²) in [5.41, 5.74) is 2.83. The van der Waals surface area contributed by atoms with Crippen molar-refractivity contribution in [3.05, 3.63) is 73.1 Å². The van der Waals surface area contributed by atoms with Crippen LogP contribution in [-0.2, 0) is 4.74 Å². The number of allylic oxidation sites excluding steroid dienone is 7. The minimum Gasteiger partial charge on any atom is -0.497 e. The number of rotatable bonds is 8. The second kappa shape index (κ2) is 7.74. The van der Waals surface area contributed by atoms with Gasteiger partial charge in [0.05, 0.1) is 7.11 Å². The number of ether oxygens (including phenoxy) is 1. The molecule has 0 aromatic carbocycles. The first kappa shape index (κ1) is 18.2. The molecule has 0 rings (SSSR count). The quantitative estimate of drug-likeness (QED) is 0.412. The molecular weight excluding hydrogens is 244 g/mol. The van der Waals surface area contributed by atoms with Crippen LogP contribution in [0, 0.1) is 11.3 Å². The molecule has 0 spiro atoms. The van der Waals surface area contributed by atoms with E-state index in [0.717, 1.165) is 16.7 Å². The van der Waals surface area contributed by atoms with E-state index in [1.165, 1.54) is 0 Å². The minimum absolute atomic E-state index is 0.224. The topological polar surface area (TPSA) is 9.23 Å². The maximum atomic E-state index is 5.01. The molecule has 0 amide bonds. The fourth-order valence-corrected chi connectivity index (χ4v) is 1.28. The molecule has 0 fully saturated rings. The van der Waals surface area contributed by atoms with Crippen molar-refractivity contribution in [3.8, 4) is 0 Å². The molecule has 0 aromatic heterocycles. The summed E-state index contributed by atoms with van der Waals surface area (Å²) in [4.78, 5) is 0.